The Morgan fingerprint density at radius 2 is 0.414 bits per heavy atom. The molecule has 0 fully saturated rings. The number of carbonyl (C=O) groups is 3. The molecule has 0 aromatic carbocycles. The van der Waals surface area contributed by atoms with E-state index in [1.807, 2.05) is 0 Å². The Morgan fingerprint density at radius 1 is 0.243 bits per heavy atom. The van der Waals surface area contributed by atoms with Crippen LogP contribution in [0.3, 0.4) is 0 Å². The molecule has 6 heteroatoms. The first kappa shape index (κ1) is 68.4. The van der Waals surface area contributed by atoms with E-state index in [2.05, 4.69) is 41.5 Å². The number of hydrogen-bond acceptors (Lipinski definition) is 6. The second-order valence-corrected chi connectivity index (χ2v) is 23.5. The second kappa shape index (κ2) is 55.2. The van der Waals surface area contributed by atoms with Gasteiger partial charge < -0.3 is 14.2 Å². The monoisotopic (exact) mass is 989 g/mol. The summed E-state index contributed by atoms with van der Waals surface area (Å²) in [4.78, 5) is 38.2. The highest BCUT2D eigenvalue weighted by molar-refractivity contribution is 5.71. The molecule has 0 radical (unpaired) electrons. The molecule has 416 valence electrons. The van der Waals surface area contributed by atoms with Gasteiger partial charge in [-0.2, -0.15) is 0 Å². The molecule has 0 aliphatic rings. The third kappa shape index (κ3) is 57.3. The fraction of sp³-hybridized carbons (Fsp3) is 0.953. The van der Waals surface area contributed by atoms with E-state index in [0.717, 1.165) is 75.5 Å². The highest BCUT2D eigenvalue weighted by atomic mass is 16.6. The van der Waals surface area contributed by atoms with Gasteiger partial charge in [-0.15, -0.1) is 0 Å². The van der Waals surface area contributed by atoms with Gasteiger partial charge in [-0.1, -0.05) is 318 Å². The molecule has 0 heterocycles. The standard InChI is InChI=1S/C64H124O6/c1-58(2)50-44-38-32-27-23-19-15-11-7-9-13-17-21-25-29-35-41-47-53-62(65)68-56-61(57-69-63(66)54-48-42-37-31-34-40-46-52-60(5)6)70-64(67)55-49-43-36-30-26-22-18-14-10-8-12-16-20-24-28-33-39-45-51-59(3)4/h58-61H,7-57H2,1-6H3/t61-/m1/s1. The summed E-state index contributed by atoms with van der Waals surface area (Å²) in [7, 11) is 0. The average Bonchev–Trinajstić information content (AvgIpc) is 3.32. The molecule has 0 N–H and O–H groups in total. The molecule has 0 aromatic rings. The molecular formula is C64H124O6. The van der Waals surface area contributed by atoms with Gasteiger partial charge in [0.1, 0.15) is 13.2 Å². The first-order valence-corrected chi connectivity index (χ1v) is 31.6. The first-order valence-electron chi connectivity index (χ1n) is 31.6. The van der Waals surface area contributed by atoms with Gasteiger partial charge >= 0.3 is 17.9 Å². The van der Waals surface area contributed by atoms with Crippen LogP contribution in [-0.4, -0.2) is 37.2 Å². The summed E-state index contributed by atoms with van der Waals surface area (Å²) in [6.45, 7) is 13.8. The average molecular weight is 990 g/mol. The Hall–Kier alpha value is -1.59. The Morgan fingerprint density at radius 3 is 0.614 bits per heavy atom. The molecule has 0 aliphatic carbocycles. The van der Waals surface area contributed by atoms with Crippen LogP contribution in [0.15, 0.2) is 0 Å². The van der Waals surface area contributed by atoms with Crippen LogP contribution in [0.5, 0.6) is 0 Å². The molecule has 0 aromatic heterocycles. The minimum absolute atomic E-state index is 0.0634. The van der Waals surface area contributed by atoms with Crippen molar-refractivity contribution in [2.75, 3.05) is 13.2 Å². The third-order valence-electron chi connectivity index (χ3n) is 14.6. The van der Waals surface area contributed by atoms with Crippen molar-refractivity contribution in [2.24, 2.45) is 17.8 Å². The zero-order valence-corrected chi connectivity index (χ0v) is 48.3. The molecular weight excluding hydrogens is 865 g/mol. The first-order chi connectivity index (χ1) is 34.1. The fourth-order valence-corrected chi connectivity index (χ4v) is 9.88. The molecule has 0 amide bonds. The molecule has 70 heavy (non-hydrogen) atoms. The van der Waals surface area contributed by atoms with E-state index in [9.17, 15) is 14.4 Å². The van der Waals surface area contributed by atoms with E-state index < -0.39 is 6.10 Å². The van der Waals surface area contributed by atoms with Gasteiger partial charge in [0.25, 0.3) is 0 Å². The topological polar surface area (TPSA) is 78.9 Å². The SMILES string of the molecule is CC(C)CCCCCCCCCCCCCCCCCCCCC(=O)OC[C@H](COC(=O)CCCCCCCCCC(C)C)OC(=O)CCCCCCCCCCCCCCCCCCCCC(C)C. The maximum Gasteiger partial charge on any atom is 0.306 e. The van der Waals surface area contributed by atoms with Gasteiger partial charge in [0.15, 0.2) is 6.10 Å². The van der Waals surface area contributed by atoms with E-state index in [1.54, 1.807) is 0 Å². The fourth-order valence-electron chi connectivity index (χ4n) is 9.88. The van der Waals surface area contributed by atoms with Crippen LogP contribution < -0.4 is 0 Å². The van der Waals surface area contributed by atoms with Gasteiger partial charge in [-0.05, 0) is 37.0 Å². The van der Waals surface area contributed by atoms with Crippen molar-refractivity contribution in [3.63, 3.8) is 0 Å². The van der Waals surface area contributed by atoms with Crippen molar-refractivity contribution in [1.29, 1.82) is 0 Å². The summed E-state index contributed by atoms with van der Waals surface area (Å²) in [6, 6.07) is 0. The molecule has 0 spiro atoms. The molecule has 0 aliphatic heterocycles. The lowest BCUT2D eigenvalue weighted by molar-refractivity contribution is -0.167. The minimum Gasteiger partial charge on any atom is -0.462 e. The Labute approximate surface area is 438 Å². The van der Waals surface area contributed by atoms with E-state index in [-0.39, 0.29) is 31.1 Å². The Balaban J connectivity index is 4.19. The summed E-state index contributed by atoms with van der Waals surface area (Å²) in [5.41, 5.74) is 0. The highest BCUT2D eigenvalue weighted by Gasteiger charge is 2.19. The predicted octanol–water partition coefficient (Wildman–Crippen LogP) is 21.1. The van der Waals surface area contributed by atoms with E-state index in [0.29, 0.717) is 19.3 Å². The number of rotatable bonds is 57. The summed E-state index contributed by atoms with van der Waals surface area (Å²) < 4.78 is 16.9. The summed E-state index contributed by atoms with van der Waals surface area (Å²) >= 11 is 0. The highest BCUT2D eigenvalue weighted by Crippen LogP contribution is 2.19. The molecule has 0 saturated heterocycles. The van der Waals surface area contributed by atoms with Crippen molar-refractivity contribution in [1.82, 2.24) is 0 Å². The van der Waals surface area contributed by atoms with Crippen LogP contribution in [0, 0.1) is 17.8 Å². The second-order valence-electron chi connectivity index (χ2n) is 23.5. The van der Waals surface area contributed by atoms with Crippen LogP contribution in [0.25, 0.3) is 0 Å². The van der Waals surface area contributed by atoms with Crippen molar-refractivity contribution in [2.45, 2.75) is 362 Å². The predicted molar refractivity (Wildman–Crippen MR) is 303 cm³/mol. The van der Waals surface area contributed by atoms with Gasteiger partial charge in [-0.3, -0.25) is 14.4 Å². The maximum absolute atomic E-state index is 12.9. The van der Waals surface area contributed by atoms with Crippen LogP contribution in [0.1, 0.15) is 356 Å². The summed E-state index contributed by atoms with van der Waals surface area (Å²) in [5.74, 6) is 1.66. The molecule has 6 nitrogen and oxygen atoms in total. The molecule has 1 atom stereocenters. The summed E-state index contributed by atoms with van der Waals surface area (Å²) in [5, 5.41) is 0. The zero-order chi connectivity index (χ0) is 51.2. The number of carbonyl (C=O) groups excluding carboxylic acids is 3. The smallest absolute Gasteiger partial charge is 0.306 e. The lowest BCUT2D eigenvalue weighted by Gasteiger charge is -2.18. The normalized spacial score (nSPS) is 12.1. The maximum atomic E-state index is 12.9. The van der Waals surface area contributed by atoms with Gasteiger partial charge in [-0.25, -0.2) is 0 Å². The molecule has 0 saturated carbocycles. The van der Waals surface area contributed by atoms with Crippen LogP contribution in [0.2, 0.25) is 0 Å². The Bertz CT molecular complexity index is 1090. The van der Waals surface area contributed by atoms with E-state index in [1.165, 1.54) is 238 Å². The molecule has 0 unspecified atom stereocenters. The largest absolute Gasteiger partial charge is 0.462 e. The van der Waals surface area contributed by atoms with Crippen LogP contribution >= 0.6 is 0 Å². The van der Waals surface area contributed by atoms with Crippen molar-refractivity contribution in [3.8, 4) is 0 Å². The lowest BCUT2D eigenvalue weighted by atomic mass is 10.0. The molecule has 0 rings (SSSR count). The lowest BCUT2D eigenvalue weighted by Crippen LogP contribution is -2.30. The van der Waals surface area contributed by atoms with Gasteiger partial charge in [0.2, 0.25) is 0 Å². The summed E-state index contributed by atoms with van der Waals surface area (Å²) in [6.07, 6.45) is 59.8. The van der Waals surface area contributed by atoms with Crippen molar-refractivity contribution in [3.05, 3.63) is 0 Å². The number of hydrogen-bond donors (Lipinski definition) is 0. The van der Waals surface area contributed by atoms with Crippen molar-refractivity contribution < 1.29 is 28.6 Å². The van der Waals surface area contributed by atoms with Gasteiger partial charge in [0, 0.05) is 19.3 Å². The van der Waals surface area contributed by atoms with E-state index in [4.69, 9.17) is 14.2 Å². The number of ether oxygens (including phenoxy) is 3. The Kier molecular flexibility index (Phi) is 53.9. The minimum atomic E-state index is -0.764. The van der Waals surface area contributed by atoms with E-state index >= 15 is 0 Å². The third-order valence-corrected chi connectivity index (χ3v) is 14.6. The van der Waals surface area contributed by atoms with Crippen molar-refractivity contribution >= 4 is 17.9 Å². The number of unbranched alkanes of at least 4 members (excludes halogenated alkanes) is 40. The number of esters is 3. The quantitative estimate of drug-likeness (QED) is 0.0343. The van der Waals surface area contributed by atoms with Crippen LogP contribution in [0.4, 0.5) is 0 Å². The van der Waals surface area contributed by atoms with Gasteiger partial charge in [0.05, 0.1) is 0 Å². The van der Waals surface area contributed by atoms with Crippen LogP contribution in [-0.2, 0) is 28.6 Å². The molecule has 0 bridgehead atoms. The zero-order valence-electron chi connectivity index (χ0n) is 48.3.